The van der Waals surface area contributed by atoms with Crippen molar-refractivity contribution in [1.29, 1.82) is 0 Å². The molecule has 1 saturated carbocycles. The van der Waals surface area contributed by atoms with Crippen molar-refractivity contribution in [3.8, 4) is 0 Å². The molecule has 5 rings (SSSR count). The lowest BCUT2D eigenvalue weighted by Gasteiger charge is -2.41. The molecule has 3 fully saturated rings. The van der Waals surface area contributed by atoms with Gasteiger partial charge in [-0.05, 0) is 126 Å². The normalized spacial score (nSPS) is 26.5. The molecule has 3 aliphatic heterocycles. The molecule has 4 aliphatic rings. The van der Waals surface area contributed by atoms with Gasteiger partial charge in [0.15, 0.2) is 0 Å². The topological polar surface area (TPSA) is 67.2 Å². The fourth-order valence-electron chi connectivity index (χ4n) is 7.70. The Hall–Kier alpha value is -1.63. The van der Waals surface area contributed by atoms with E-state index in [1.807, 2.05) is 12.1 Å². The lowest BCUT2D eigenvalue weighted by molar-refractivity contribution is 0.130. The molecule has 0 spiro atoms. The van der Waals surface area contributed by atoms with Crippen LogP contribution in [0.25, 0.3) is 0 Å². The zero-order valence-electron chi connectivity index (χ0n) is 24.8. The highest BCUT2D eigenvalue weighted by atomic mass is 16.4. The number of carbonyl (C=O) groups is 1. The molecule has 2 saturated heterocycles. The molecular formula is C33H55N3O3. The Kier molecular flexibility index (Phi) is 12.0. The quantitative estimate of drug-likeness (QED) is 0.359. The van der Waals surface area contributed by atoms with Gasteiger partial charge in [-0.2, -0.15) is 0 Å². The number of carboxylic acid groups (broad SMARTS) is 1. The number of hydrogen-bond donors (Lipinski definition) is 2. The third-order valence-electron chi connectivity index (χ3n) is 10.0. The summed E-state index contributed by atoms with van der Waals surface area (Å²) >= 11 is 0. The van der Waals surface area contributed by atoms with Crippen molar-refractivity contribution in [3.63, 3.8) is 0 Å². The Balaban J connectivity index is 0.000000247. The minimum Gasteiger partial charge on any atom is -0.465 e. The first-order valence-corrected chi connectivity index (χ1v) is 16.2. The maximum absolute atomic E-state index is 12.1. The molecule has 0 bridgehead atoms. The van der Waals surface area contributed by atoms with Crippen LogP contribution in [-0.2, 0) is 0 Å². The lowest BCUT2D eigenvalue weighted by Crippen LogP contribution is -2.46. The van der Waals surface area contributed by atoms with Crippen molar-refractivity contribution in [2.75, 3.05) is 50.8 Å². The number of piperidine rings is 2. The van der Waals surface area contributed by atoms with E-state index < -0.39 is 6.09 Å². The molecule has 1 aromatic rings. The van der Waals surface area contributed by atoms with Gasteiger partial charge >= 0.3 is 6.09 Å². The van der Waals surface area contributed by atoms with Gasteiger partial charge in [0.05, 0.1) is 11.7 Å². The van der Waals surface area contributed by atoms with E-state index in [4.69, 9.17) is 5.11 Å². The molecule has 6 nitrogen and oxygen atoms in total. The standard InChI is InChI=1S/C23H34N2O2.C10H21NO/c1-2-3-13-24-14-11-17(12-15-24)16-18-7-6-9-20-19-8-4-5-10-21(19)25(22(18)20)23(26)27;1-2-3-6-11-7-4-10(9-12)5-8-11/h4-5,8,10,17-18,20,22H,2-3,6-7,9,11-16H2,1H3,(H,26,27);10,12H,2-9H2,1H3. The number of rotatable bonds is 9. The van der Waals surface area contributed by atoms with Gasteiger partial charge in [-0.3, -0.25) is 4.90 Å². The Morgan fingerprint density at radius 2 is 1.44 bits per heavy atom. The molecule has 0 aromatic heterocycles. The first-order valence-electron chi connectivity index (χ1n) is 16.2. The number of para-hydroxylation sites is 1. The van der Waals surface area contributed by atoms with Gasteiger partial charge in [0.25, 0.3) is 0 Å². The fraction of sp³-hybridized carbons (Fsp3) is 0.788. The number of benzene rings is 1. The lowest BCUT2D eigenvalue weighted by atomic mass is 9.71. The van der Waals surface area contributed by atoms with Gasteiger partial charge in [-0.1, -0.05) is 51.3 Å². The highest BCUT2D eigenvalue weighted by Crippen LogP contribution is 2.51. The molecular weight excluding hydrogens is 486 g/mol. The Morgan fingerprint density at radius 1 is 0.846 bits per heavy atom. The summed E-state index contributed by atoms with van der Waals surface area (Å²) in [7, 11) is 0. The number of amides is 1. The molecule has 3 heterocycles. The third kappa shape index (κ3) is 7.98. The molecule has 1 aromatic carbocycles. The predicted molar refractivity (Wildman–Crippen MR) is 161 cm³/mol. The van der Waals surface area contributed by atoms with Gasteiger partial charge in [0.1, 0.15) is 0 Å². The van der Waals surface area contributed by atoms with Crippen molar-refractivity contribution in [2.45, 2.75) is 103 Å². The van der Waals surface area contributed by atoms with E-state index in [1.54, 1.807) is 4.90 Å². The monoisotopic (exact) mass is 541 g/mol. The highest BCUT2D eigenvalue weighted by molar-refractivity contribution is 5.90. The summed E-state index contributed by atoms with van der Waals surface area (Å²) in [4.78, 5) is 19.0. The van der Waals surface area contributed by atoms with E-state index >= 15 is 0 Å². The fourth-order valence-corrected chi connectivity index (χ4v) is 7.70. The van der Waals surface area contributed by atoms with Crippen molar-refractivity contribution in [3.05, 3.63) is 29.8 Å². The van der Waals surface area contributed by atoms with E-state index in [1.165, 1.54) is 115 Å². The van der Waals surface area contributed by atoms with Gasteiger partial charge < -0.3 is 20.0 Å². The number of aliphatic hydroxyl groups excluding tert-OH is 1. The Labute approximate surface area is 237 Å². The molecule has 39 heavy (non-hydrogen) atoms. The van der Waals surface area contributed by atoms with Crippen molar-refractivity contribution in [2.24, 2.45) is 17.8 Å². The Bertz CT molecular complexity index is 864. The number of hydrogen-bond acceptors (Lipinski definition) is 4. The zero-order chi connectivity index (χ0) is 27.6. The van der Waals surface area contributed by atoms with Crippen LogP contribution in [0.2, 0.25) is 0 Å². The number of fused-ring (bicyclic) bond motifs is 3. The summed E-state index contributed by atoms with van der Waals surface area (Å²) < 4.78 is 0. The summed E-state index contributed by atoms with van der Waals surface area (Å²) in [5, 5.41) is 18.9. The molecule has 1 amide bonds. The molecule has 3 atom stereocenters. The van der Waals surface area contributed by atoms with E-state index in [-0.39, 0.29) is 6.04 Å². The van der Waals surface area contributed by atoms with E-state index in [0.717, 1.165) is 18.0 Å². The van der Waals surface area contributed by atoms with E-state index in [2.05, 4.69) is 35.8 Å². The van der Waals surface area contributed by atoms with Gasteiger partial charge in [0, 0.05) is 12.5 Å². The average Bonchev–Trinajstić information content (AvgIpc) is 3.32. The first kappa shape index (κ1) is 30.3. The second-order valence-corrected chi connectivity index (χ2v) is 12.7. The summed E-state index contributed by atoms with van der Waals surface area (Å²) in [6.45, 7) is 12.3. The molecule has 6 heteroatoms. The summed E-state index contributed by atoms with van der Waals surface area (Å²) in [6.07, 6.45) is 14.2. The smallest absolute Gasteiger partial charge is 0.412 e. The minimum absolute atomic E-state index is 0.159. The third-order valence-corrected chi connectivity index (χ3v) is 10.0. The van der Waals surface area contributed by atoms with Crippen LogP contribution in [0.4, 0.5) is 10.5 Å². The maximum Gasteiger partial charge on any atom is 0.412 e. The van der Waals surface area contributed by atoms with Crippen LogP contribution in [-0.4, -0.2) is 78.0 Å². The van der Waals surface area contributed by atoms with Crippen LogP contribution in [0.1, 0.15) is 102 Å². The Morgan fingerprint density at radius 3 is 2.00 bits per heavy atom. The predicted octanol–water partition coefficient (Wildman–Crippen LogP) is 6.83. The van der Waals surface area contributed by atoms with E-state index in [9.17, 15) is 9.90 Å². The van der Waals surface area contributed by atoms with Crippen LogP contribution < -0.4 is 4.90 Å². The highest BCUT2D eigenvalue weighted by Gasteiger charge is 2.47. The number of likely N-dealkylation sites (tertiary alicyclic amines) is 2. The van der Waals surface area contributed by atoms with Crippen LogP contribution >= 0.6 is 0 Å². The van der Waals surface area contributed by atoms with Crippen LogP contribution in [0.15, 0.2) is 24.3 Å². The summed E-state index contributed by atoms with van der Waals surface area (Å²) in [6, 6.07) is 8.37. The SMILES string of the molecule is CCCCN1CCC(CC2CCCC3c4ccccc4N(C(=O)O)C23)CC1.CCCCN1CCC(CO)CC1. The molecule has 220 valence electrons. The number of unbranched alkanes of at least 4 members (excludes halogenated alkanes) is 2. The van der Waals surface area contributed by atoms with Gasteiger partial charge in [-0.15, -0.1) is 0 Å². The number of aliphatic hydroxyl groups is 1. The molecule has 3 unspecified atom stereocenters. The maximum atomic E-state index is 12.1. The number of nitrogens with zero attached hydrogens (tertiary/aromatic N) is 3. The second-order valence-electron chi connectivity index (χ2n) is 12.7. The summed E-state index contributed by atoms with van der Waals surface area (Å²) in [5.74, 6) is 2.27. The van der Waals surface area contributed by atoms with Crippen molar-refractivity contribution < 1.29 is 15.0 Å². The van der Waals surface area contributed by atoms with E-state index in [0.29, 0.717) is 24.4 Å². The molecule has 2 N–H and O–H groups in total. The second kappa shape index (κ2) is 15.4. The van der Waals surface area contributed by atoms with Gasteiger partial charge in [-0.25, -0.2) is 4.79 Å². The van der Waals surface area contributed by atoms with Crippen molar-refractivity contribution in [1.82, 2.24) is 9.80 Å². The minimum atomic E-state index is -0.767. The molecule has 0 radical (unpaired) electrons. The number of anilines is 1. The average molecular weight is 542 g/mol. The summed E-state index contributed by atoms with van der Waals surface area (Å²) in [5.41, 5.74) is 2.21. The largest absolute Gasteiger partial charge is 0.465 e. The molecule has 1 aliphatic carbocycles. The van der Waals surface area contributed by atoms with Crippen LogP contribution in [0.3, 0.4) is 0 Å². The van der Waals surface area contributed by atoms with Crippen molar-refractivity contribution >= 4 is 11.8 Å². The van der Waals surface area contributed by atoms with Crippen LogP contribution in [0, 0.1) is 17.8 Å². The van der Waals surface area contributed by atoms with Crippen LogP contribution in [0.5, 0.6) is 0 Å². The van der Waals surface area contributed by atoms with Gasteiger partial charge in [0.2, 0.25) is 0 Å². The zero-order valence-corrected chi connectivity index (χ0v) is 24.8. The first-order chi connectivity index (χ1) is 19.0.